The second-order valence-electron chi connectivity index (χ2n) is 6.47. The van der Waals surface area contributed by atoms with Crippen molar-refractivity contribution in [3.8, 4) is 11.5 Å². The second kappa shape index (κ2) is 11.0. The quantitative estimate of drug-likeness (QED) is 0.496. The molecule has 0 heterocycles. The summed E-state index contributed by atoms with van der Waals surface area (Å²) in [6.45, 7) is 3.90. The molecule has 1 aromatic carbocycles. The number of aromatic hydroxyl groups is 1. The van der Waals surface area contributed by atoms with E-state index in [0.29, 0.717) is 23.3 Å². The van der Waals surface area contributed by atoms with Crippen LogP contribution in [0, 0.1) is 6.92 Å². The average Bonchev–Trinajstić information content (AvgIpc) is 2.55. The van der Waals surface area contributed by atoms with Crippen LogP contribution in [0.1, 0.15) is 86.2 Å². The van der Waals surface area contributed by atoms with Crippen molar-refractivity contribution in [3.05, 3.63) is 22.8 Å². The topological polar surface area (TPSA) is 66.8 Å². The number of benzene rings is 1. The molecular weight excluding hydrogens is 304 g/mol. The molecule has 0 saturated carbocycles. The fourth-order valence-electron chi connectivity index (χ4n) is 3.07. The summed E-state index contributed by atoms with van der Waals surface area (Å²) in [4.78, 5) is 11.5. The van der Waals surface area contributed by atoms with Crippen molar-refractivity contribution in [2.45, 2.75) is 78.1 Å². The van der Waals surface area contributed by atoms with Gasteiger partial charge in [0.1, 0.15) is 17.1 Å². The molecule has 0 aliphatic carbocycles. The van der Waals surface area contributed by atoms with Gasteiger partial charge in [0.25, 0.3) is 0 Å². The molecule has 0 aliphatic rings. The molecule has 4 heteroatoms. The van der Waals surface area contributed by atoms with Gasteiger partial charge in [-0.1, -0.05) is 58.3 Å². The van der Waals surface area contributed by atoms with Crippen molar-refractivity contribution >= 4 is 5.97 Å². The largest absolute Gasteiger partial charge is 0.507 e. The first-order chi connectivity index (χ1) is 11.5. The summed E-state index contributed by atoms with van der Waals surface area (Å²) in [5.41, 5.74) is 1.16. The molecule has 0 radical (unpaired) electrons. The summed E-state index contributed by atoms with van der Waals surface area (Å²) in [5, 5.41) is 19.5. The molecule has 2 N–H and O–H groups in total. The number of rotatable bonds is 12. The van der Waals surface area contributed by atoms with Crippen molar-refractivity contribution in [1.29, 1.82) is 0 Å². The minimum absolute atomic E-state index is 0.0212. The molecule has 136 valence electrons. The van der Waals surface area contributed by atoms with Crippen LogP contribution >= 0.6 is 0 Å². The van der Waals surface area contributed by atoms with Gasteiger partial charge in [-0.15, -0.1) is 0 Å². The highest BCUT2D eigenvalue weighted by Crippen LogP contribution is 2.34. The molecule has 0 amide bonds. The monoisotopic (exact) mass is 336 g/mol. The molecule has 0 aromatic heterocycles. The van der Waals surface area contributed by atoms with Gasteiger partial charge >= 0.3 is 5.97 Å². The third kappa shape index (κ3) is 6.06. The van der Waals surface area contributed by atoms with Crippen molar-refractivity contribution in [3.63, 3.8) is 0 Å². The Morgan fingerprint density at radius 2 is 1.58 bits per heavy atom. The lowest BCUT2D eigenvalue weighted by Gasteiger charge is -2.14. The minimum Gasteiger partial charge on any atom is -0.507 e. The summed E-state index contributed by atoms with van der Waals surface area (Å²) in [7, 11) is 1.53. The zero-order valence-corrected chi connectivity index (χ0v) is 15.4. The van der Waals surface area contributed by atoms with E-state index >= 15 is 0 Å². The maximum absolute atomic E-state index is 11.5. The lowest BCUT2D eigenvalue weighted by molar-refractivity contribution is 0.0692. The molecular formula is C20H32O4. The standard InChI is InChI=1S/C20H32O4/c1-4-5-6-7-8-9-10-11-12-13-16-14-17(24-3)15(2)19(21)18(16)20(22)23/h14,21H,4-13H2,1-3H3,(H,22,23). The van der Waals surface area contributed by atoms with Gasteiger partial charge in [-0.3, -0.25) is 0 Å². The van der Waals surface area contributed by atoms with Crippen LogP contribution in [0.15, 0.2) is 6.07 Å². The van der Waals surface area contributed by atoms with Crippen LogP contribution in [0.2, 0.25) is 0 Å². The van der Waals surface area contributed by atoms with Crippen LogP contribution in [0.3, 0.4) is 0 Å². The highest BCUT2D eigenvalue weighted by Gasteiger charge is 2.20. The summed E-state index contributed by atoms with van der Waals surface area (Å²) < 4.78 is 5.24. The van der Waals surface area contributed by atoms with Crippen LogP contribution in [-0.2, 0) is 6.42 Å². The predicted molar refractivity (Wildman–Crippen MR) is 97.3 cm³/mol. The normalized spacial score (nSPS) is 10.8. The maximum atomic E-state index is 11.5. The zero-order chi connectivity index (χ0) is 17.9. The Hall–Kier alpha value is -1.71. The van der Waals surface area contributed by atoms with Gasteiger partial charge in [0.2, 0.25) is 0 Å². The molecule has 0 aliphatic heterocycles. The van der Waals surface area contributed by atoms with Gasteiger partial charge in [0, 0.05) is 5.56 Å². The fourth-order valence-corrected chi connectivity index (χ4v) is 3.07. The fraction of sp³-hybridized carbons (Fsp3) is 0.650. The molecule has 4 nitrogen and oxygen atoms in total. The van der Waals surface area contributed by atoms with E-state index in [1.165, 1.54) is 52.1 Å². The van der Waals surface area contributed by atoms with Crippen molar-refractivity contribution in [1.82, 2.24) is 0 Å². The van der Waals surface area contributed by atoms with E-state index in [1.54, 1.807) is 13.0 Å². The van der Waals surface area contributed by atoms with Gasteiger partial charge in [0.15, 0.2) is 0 Å². The van der Waals surface area contributed by atoms with Gasteiger partial charge in [-0.2, -0.15) is 0 Å². The van der Waals surface area contributed by atoms with Crippen LogP contribution < -0.4 is 4.74 Å². The lowest BCUT2D eigenvalue weighted by atomic mass is 9.96. The van der Waals surface area contributed by atoms with Crippen molar-refractivity contribution in [2.24, 2.45) is 0 Å². The lowest BCUT2D eigenvalue weighted by Crippen LogP contribution is -2.06. The van der Waals surface area contributed by atoms with Crippen LogP contribution in [0.4, 0.5) is 0 Å². The number of aryl methyl sites for hydroxylation is 1. The summed E-state index contributed by atoms with van der Waals surface area (Å²) in [6, 6.07) is 1.75. The van der Waals surface area contributed by atoms with E-state index in [2.05, 4.69) is 6.92 Å². The molecule has 0 unspecified atom stereocenters. The summed E-state index contributed by atoms with van der Waals surface area (Å²) in [5.74, 6) is -0.708. The SMILES string of the molecule is CCCCCCCCCCCc1cc(OC)c(C)c(O)c1C(=O)O. The number of methoxy groups -OCH3 is 1. The van der Waals surface area contributed by atoms with Crippen LogP contribution in [0.5, 0.6) is 11.5 Å². The summed E-state index contributed by atoms with van der Waals surface area (Å²) in [6.07, 6.45) is 11.7. The number of carboxylic acids is 1. The van der Waals surface area contributed by atoms with Gasteiger partial charge in [-0.05, 0) is 31.4 Å². The Kier molecular flexibility index (Phi) is 9.28. The Bertz CT molecular complexity index is 523. The molecule has 0 atom stereocenters. The van der Waals surface area contributed by atoms with Crippen LogP contribution in [-0.4, -0.2) is 23.3 Å². The smallest absolute Gasteiger partial charge is 0.339 e. The van der Waals surface area contributed by atoms with E-state index < -0.39 is 5.97 Å². The number of hydrogen-bond donors (Lipinski definition) is 2. The van der Waals surface area contributed by atoms with Crippen LogP contribution in [0.25, 0.3) is 0 Å². The van der Waals surface area contributed by atoms with Gasteiger partial charge in [0.05, 0.1) is 7.11 Å². The molecule has 1 rings (SSSR count). The van der Waals surface area contributed by atoms with Crippen molar-refractivity contribution in [2.75, 3.05) is 7.11 Å². The number of ether oxygens (including phenoxy) is 1. The van der Waals surface area contributed by atoms with E-state index in [9.17, 15) is 15.0 Å². The number of hydrogen-bond acceptors (Lipinski definition) is 3. The number of unbranched alkanes of at least 4 members (excludes halogenated alkanes) is 8. The maximum Gasteiger partial charge on any atom is 0.339 e. The highest BCUT2D eigenvalue weighted by atomic mass is 16.5. The molecule has 0 spiro atoms. The van der Waals surface area contributed by atoms with Gasteiger partial charge in [-0.25, -0.2) is 4.79 Å². The highest BCUT2D eigenvalue weighted by molar-refractivity contribution is 5.93. The third-order valence-electron chi connectivity index (χ3n) is 4.57. The molecule has 0 bridgehead atoms. The number of phenols is 1. The third-order valence-corrected chi connectivity index (χ3v) is 4.57. The molecule has 0 fully saturated rings. The number of carbonyl (C=O) groups is 1. The number of carboxylic acid groups (broad SMARTS) is 1. The first-order valence-electron chi connectivity index (χ1n) is 9.15. The molecule has 0 saturated heterocycles. The average molecular weight is 336 g/mol. The second-order valence-corrected chi connectivity index (χ2v) is 6.47. The molecule has 1 aromatic rings. The van der Waals surface area contributed by atoms with E-state index in [-0.39, 0.29) is 11.3 Å². The van der Waals surface area contributed by atoms with Gasteiger partial charge < -0.3 is 14.9 Å². The number of aromatic carboxylic acids is 1. The van der Waals surface area contributed by atoms with E-state index in [1.807, 2.05) is 0 Å². The zero-order valence-electron chi connectivity index (χ0n) is 15.4. The van der Waals surface area contributed by atoms with E-state index in [0.717, 1.165) is 12.8 Å². The Labute approximate surface area is 145 Å². The molecule has 24 heavy (non-hydrogen) atoms. The Morgan fingerprint density at radius 3 is 2.08 bits per heavy atom. The predicted octanol–water partition coefficient (Wildman–Crippen LogP) is 5.48. The Balaban J connectivity index is 2.50. The van der Waals surface area contributed by atoms with E-state index in [4.69, 9.17) is 4.74 Å². The Morgan fingerprint density at radius 1 is 1.04 bits per heavy atom. The first kappa shape index (κ1) is 20.3. The summed E-state index contributed by atoms with van der Waals surface area (Å²) >= 11 is 0. The minimum atomic E-state index is -1.08. The van der Waals surface area contributed by atoms with Crippen molar-refractivity contribution < 1.29 is 19.7 Å². The first-order valence-corrected chi connectivity index (χ1v) is 9.15.